The lowest BCUT2D eigenvalue weighted by Gasteiger charge is -2.25. The van der Waals surface area contributed by atoms with Gasteiger partial charge in [0.25, 0.3) is 11.8 Å². The second kappa shape index (κ2) is 8.98. The van der Waals surface area contributed by atoms with Gasteiger partial charge in [0.05, 0.1) is 13.1 Å². The number of rotatable bonds is 5. The number of nitrogens with one attached hydrogen (secondary N) is 1. The molecule has 0 bridgehead atoms. The van der Waals surface area contributed by atoms with Crippen LogP contribution in [0.1, 0.15) is 23.2 Å². The number of hydrogen-bond donors (Lipinski definition) is 2. The fourth-order valence-electron chi connectivity index (χ4n) is 2.53. The first kappa shape index (κ1) is 21.9. The highest BCUT2D eigenvalue weighted by Gasteiger charge is 2.36. The lowest BCUT2D eigenvalue weighted by atomic mass is 10.1. The first-order chi connectivity index (χ1) is 11.2. The maximum atomic E-state index is 13.2. The summed E-state index contributed by atoms with van der Waals surface area (Å²) in [7, 11) is 0. The van der Waals surface area contributed by atoms with E-state index in [1.54, 1.807) is 0 Å². The van der Waals surface area contributed by atoms with Crippen LogP contribution in [0.15, 0.2) is 18.2 Å². The Morgan fingerprint density at radius 1 is 1.28 bits per heavy atom. The first-order valence-electron chi connectivity index (χ1n) is 7.36. The molecule has 0 radical (unpaired) electrons. The summed E-state index contributed by atoms with van der Waals surface area (Å²) in [5.41, 5.74) is 5.18. The van der Waals surface area contributed by atoms with Gasteiger partial charge in [-0.2, -0.15) is 0 Å². The van der Waals surface area contributed by atoms with Crippen molar-refractivity contribution < 1.29 is 18.4 Å². The number of amides is 2. The maximum Gasteiger partial charge on any atom is 0.277 e. The van der Waals surface area contributed by atoms with Gasteiger partial charge in [-0.1, -0.05) is 23.2 Å². The van der Waals surface area contributed by atoms with Gasteiger partial charge in [-0.25, -0.2) is 8.78 Å². The molecule has 1 heterocycles. The van der Waals surface area contributed by atoms with Crippen LogP contribution in [0.2, 0.25) is 10.0 Å². The van der Waals surface area contributed by atoms with E-state index >= 15 is 0 Å². The highest BCUT2D eigenvalue weighted by Crippen LogP contribution is 2.24. The summed E-state index contributed by atoms with van der Waals surface area (Å²) in [6.07, 6.45) is 1.01. The molecule has 1 fully saturated rings. The van der Waals surface area contributed by atoms with Crippen molar-refractivity contribution in [2.24, 2.45) is 5.73 Å². The Labute approximate surface area is 160 Å². The van der Waals surface area contributed by atoms with Crippen molar-refractivity contribution in [3.05, 3.63) is 33.8 Å². The van der Waals surface area contributed by atoms with E-state index < -0.39 is 36.9 Å². The molecule has 1 aromatic rings. The average molecular weight is 417 g/mol. The Balaban J connectivity index is 0.00000312. The fraction of sp³-hybridized carbons (Fsp3) is 0.467. The lowest BCUT2D eigenvalue weighted by molar-refractivity contribution is -0.126. The summed E-state index contributed by atoms with van der Waals surface area (Å²) in [5, 5.41) is 2.76. The Hall–Kier alpha value is -1.15. The van der Waals surface area contributed by atoms with E-state index in [0.29, 0.717) is 29.4 Å². The molecular formula is C15H18Cl3F2N3O2. The summed E-state index contributed by atoms with van der Waals surface area (Å²) in [5.74, 6) is -4.21. The molecule has 3 N–H and O–H groups in total. The number of carbonyl (C=O) groups excluding carboxylic acids is 2. The van der Waals surface area contributed by atoms with Crippen molar-refractivity contribution in [1.82, 2.24) is 10.2 Å². The highest BCUT2D eigenvalue weighted by atomic mass is 35.5. The van der Waals surface area contributed by atoms with Gasteiger partial charge in [-0.15, -0.1) is 12.4 Å². The van der Waals surface area contributed by atoms with Crippen molar-refractivity contribution in [3.63, 3.8) is 0 Å². The average Bonchev–Trinajstić information content (AvgIpc) is 3.00. The summed E-state index contributed by atoms with van der Waals surface area (Å²) in [4.78, 5) is 26.1. The maximum absolute atomic E-state index is 13.2. The molecule has 10 heteroatoms. The quantitative estimate of drug-likeness (QED) is 0.775. The zero-order valence-corrected chi connectivity index (χ0v) is 15.4. The molecule has 0 aromatic heterocycles. The number of benzene rings is 1. The first-order valence-corrected chi connectivity index (χ1v) is 8.12. The van der Waals surface area contributed by atoms with E-state index in [1.807, 2.05) is 0 Å². The van der Waals surface area contributed by atoms with Crippen LogP contribution >= 0.6 is 35.6 Å². The molecule has 1 aromatic carbocycles. The van der Waals surface area contributed by atoms with Crippen molar-refractivity contribution in [2.75, 3.05) is 19.6 Å². The molecule has 25 heavy (non-hydrogen) atoms. The molecule has 1 saturated heterocycles. The number of nitrogens with two attached hydrogens (primary N) is 1. The normalized spacial score (nSPS) is 17.2. The third kappa shape index (κ3) is 5.67. The number of halogens is 5. The van der Waals surface area contributed by atoms with Crippen LogP contribution in [0.3, 0.4) is 0 Å². The Kier molecular flexibility index (Phi) is 7.87. The lowest BCUT2D eigenvalue weighted by Crippen LogP contribution is -2.49. The monoisotopic (exact) mass is 415 g/mol. The van der Waals surface area contributed by atoms with Gasteiger partial charge in [0, 0.05) is 22.2 Å². The molecule has 140 valence electrons. The van der Waals surface area contributed by atoms with Gasteiger partial charge in [-0.05, 0) is 31.0 Å². The second-order valence-corrected chi connectivity index (χ2v) is 6.47. The van der Waals surface area contributed by atoms with E-state index in [1.165, 1.54) is 23.1 Å². The van der Waals surface area contributed by atoms with Crippen molar-refractivity contribution in [3.8, 4) is 0 Å². The third-order valence-corrected chi connectivity index (χ3v) is 4.18. The molecule has 2 amide bonds. The predicted molar refractivity (Wildman–Crippen MR) is 94.8 cm³/mol. The Bertz CT molecular complexity index is 626. The van der Waals surface area contributed by atoms with Crippen LogP contribution in [0.5, 0.6) is 0 Å². The van der Waals surface area contributed by atoms with Gasteiger partial charge in [0.15, 0.2) is 0 Å². The number of hydrogen-bond acceptors (Lipinski definition) is 3. The van der Waals surface area contributed by atoms with Gasteiger partial charge in [0.1, 0.15) is 6.04 Å². The van der Waals surface area contributed by atoms with E-state index in [2.05, 4.69) is 5.32 Å². The topological polar surface area (TPSA) is 75.4 Å². The number of alkyl halides is 2. The van der Waals surface area contributed by atoms with Crippen LogP contribution in [0, 0.1) is 0 Å². The van der Waals surface area contributed by atoms with Gasteiger partial charge in [-0.3, -0.25) is 9.59 Å². The summed E-state index contributed by atoms with van der Waals surface area (Å²) in [6.45, 7) is -1.36. The third-order valence-electron chi connectivity index (χ3n) is 3.75. The molecule has 0 saturated carbocycles. The van der Waals surface area contributed by atoms with Gasteiger partial charge in [0.2, 0.25) is 5.91 Å². The molecular weight excluding hydrogens is 399 g/mol. The summed E-state index contributed by atoms with van der Waals surface area (Å²) in [6, 6.07) is 3.59. The standard InChI is InChI=1S/C15H17Cl2F2N3O2.ClH/c16-10-4-9(5-11(17)6-10)14(24)22-3-1-2-12(22)13(23)21-8-15(18,19)7-20;/h4-6,12H,1-3,7-8,20H2,(H,21,23);1H. The molecule has 2 rings (SSSR count). The second-order valence-electron chi connectivity index (χ2n) is 5.59. The van der Waals surface area contributed by atoms with E-state index in [0.717, 1.165) is 0 Å². The minimum absolute atomic E-state index is 0. The molecule has 1 atom stereocenters. The Morgan fingerprint density at radius 3 is 2.44 bits per heavy atom. The summed E-state index contributed by atoms with van der Waals surface area (Å²) >= 11 is 11.8. The van der Waals surface area contributed by atoms with Gasteiger partial charge < -0.3 is 16.0 Å². The molecule has 5 nitrogen and oxygen atoms in total. The summed E-state index contributed by atoms with van der Waals surface area (Å²) < 4.78 is 26.3. The molecule has 1 aliphatic heterocycles. The number of carbonyl (C=O) groups is 2. The van der Waals surface area contributed by atoms with Crippen LogP contribution in [-0.2, 0) is 4.79 Å². The predicted octanol–water partition coefficient (Wildman–Crippen LogP) is 2.73. The highest BCUT2D eigenvalue weighted by molar-refractivity contribution is 6.35. The van der Waals surface area contributed by atoms with E-state index in [4.69, 9.17) is 28.9 Å². The molecule has 1 aliphatic rings. The zero-order chi connectivity index (χ0) is 17.9. The van der Waals surface area contributed by atoms with Crippen molar-refractivity contribution >= 4 is 47.4 Å². The largest absolute Gasteiger partial charge is 0.348 e. The smallest absolute Gasteiger partial charge is 0.277 e. The van der Waals surface area contributed by atoms with Crippen LogP contribution in [0.4, 0.5) is 8.78 Å². The SMILES string of the molecule is Cl.NCC(F)(F)CNC(=O)C1CCCN1C(=O)c1cc(Cl)cc(Cl)c1. The van der Waals surface area contributed by atoms with Gasteiger partial charge >= 0.3 is 0 Å². The molecule has 0 aliphatic carbocycles. The Morgan fingerprint density at radius 2 is 1.88 bits per heavy atom. The van der Waals surface area contributed by atoms with E-state index in [-0.39, 0.29) is 18.0 Å². The zero-order valence-electron chi connectivity index (χ0n) is 13.1. The number of nitrogens with zero attached hydrogens (tertiary/aromatic N) is 1. The van der Waals surface area contributed by atoms with Crippen LogP contribution in [0.25, 0.3) is 0 Å². The fourth-order valence-corrected chi connectivity index (χ4v) is 3.06. The van der Waals surface area contributed by atoms with E-state index in [9.17, 15) is 18.4 Å². The minimum atomic E-state index is -3.18. The number of likely N-dealkylation sites (tertiary alicyclic amines) is 1. The van der Waals surface area contributed by atoms with Crippen molar-refractivity contribution in [1.29, 1.82) is 0 Å². The minimum Gasteiger partial charge on any atom is -0.348 e. The van der Waals surface area contributed by atoms with Crippen molar-refractivity contribution in [2.45, 2.75) is 24.8 Å². The molecule has 1 unspecified atom stereocenters. The van der Waals surface area contributed by atoms with Crippen LogP contribution < -0.4 is 11.1 Å². The van der Waals surface area contributed by atoms with Crippen LogP contribution in [-0.4, -0.2) is 48.3 Å². The molecule has 0 spiro atoms.